The number of thiophene rings is 1. The first-order valence-electron chi connectivity index (χ1n) is 7.35. The van der Waals surface area contributed by atoms with E-state index in [1.807, 2.05) is 16.8 Å². The summed E-state index contributed by atoms with van der Waals surface area (Å²) < 4.78 is 10.5. The van der Waals surface area contributed by atoms with Crippen LogP contribution in [0.15, 0.2) is 27.5 Å². The highest BCUT2D eigenvalue weighted by atomic mass is 32.1. The van der Waals surface area contributed by atoms with Gasteiger partial charge in [-0.05, 0) is 36.3 Å². The standard InChI is InChI=1S/C15H14N4O3S/c20-15(11-3-1-2-9-6-16-18-13(9)11)21-7-12-17-14(19-22-12)10-4-5-23-8-10/h4-6,8,11H,1-3,7H2,(H,16,18)/t11-/m0/s1. The third-order valence-electron chi connectivity index (χ3n) is 3.91. The Bertz CT molecular complexity index is 808. The molecule has 1 aliphatic rings. The van der Waals surface area contributed by atoms with Crippen LogP contribution in [0.3, 0.4) is 0 Å². The Morgan fingerprint density at radius 1 is 1.52 bits per heavy atom. The molecule has 4 rings (SSSR count). The Hall–Kier alpha value is -2.48. The van der Waals surface area contributed by atoms with Crippen molar-refractivity contribution in [3.8, 4) is 11.4 Å². The first-order valence-corrected chi connectivity index (χ1v) is 8.29. The number of carbonyl (C=O) groups excluding carboxylic acids is 1. The molecule has 1 N–H and O–H groups in total. The summed E-state index contributed by atoms with van der Waals surface area (Å²) in [5, 5.41) is 14.7. The number of aryl methyl sites for hydroxylation is 1. The number of fused-ring (bicyclic) bond motifs is 1. The van der Waals surface area contributed by atoms with Gasteiger partial charge in [-0.1, -0.05) is 5.16 Å². The first-order chi connectivity index (χ1) is 11.3. The predicted octanol–water partition coefficient (Wildman–Crippen LogP) is 2.68. The van der Waals surface area contributed by atoms with Gasteiger partial charge in [0.1, 0.15) is 0 Å². The van der Waals surface area contributed by atoms with Gasteiger partial charge < -0.3 is 9.26 Å². The second-order valence-corrected chi connectivity index (χ2v) is 6.17. The van der Waals surface area contributed by atoms with Gasteiger partial charge in [0, 0.05) is 10.9 Å². The van der Waals surface area contributed by atoms with Gasteiger partial charge in [0.05, 0.1) is 17.8 Å². The van der Waals surface area contributed by atoms with Crippen LogP contribution in [-0.4, -0.2) is 26.3 Å². The van der Waals surface area contributed by atoms with Crippen LogP contribution in [0.25, 0.3) is 11.4 Å². The van der Waals surface area contributed by atoms with E-state index in [9.17, 15) is 4.79 Å². The van der Waals surface area contributed by atoms with Gasteiger partial charge in [-0.15, -0.1) is 0 Å². The zero-order valence-electron chi connectivity index (χ0n) is 12.2. The highest BCUT2D eigenvalue weighted by molar-refractivity contribution is 7.08. The van der Waals surface area contributed by atoms with Crippen molar-refractivity contribution >= 4 is 17.3 Å². The number of hydrogen-bond donors (Lipinski definition) is 1. The number of rotatable bonds is 4. The first kappa shape index (κ1) is 14.1. The van der Waals surface area contributed by atoms with E-state index in [2.05, 4.69) is 20.3 Å². The van der Waals surface area contributed by atoms with Crippen molar-refractivity contribution in [1.29, 1.82) is 0 Å². The van der Waals surface area contributed by atoms with Crippen LogP contribution in [0, 0.1) is 0 Å². The molecular weight excluding hydrogens is 316 g/mol. The van der Waals surface area contributed by atoms with E-state index in [4.69, 9.17) is 9.26 Å². The molecule has 0 bridgehead atoms. The summed E-state index contributed by atoms with van der Waals surface area (Å²) in [6.07, 6.45) is 4.44. The topological polar surface area (TPSA) is 93.9 Å². The van der Waals surface area contributed by atoms with E-state index >= 15 is 0 Å². The fraction of sp³-hybridized carbons (Fsp3) is 0.333. The second-order valence-electron chi connectivity index (χ2n) is 5.39. The number of nitrogens with zero attached hydrogens (tertiary/aromatic N) is 3. The van der Waals surface area contributed by atoms with Crippen molar-refractivity contribution in [2.75, 3.05) is 0 Å². The lowest BCUT2D eigenvalue weighted by Crippen LogP contribution is -2.20. The summed E-state index contributed by atoms with van der Waals surface area (Å²) in [4.78, 5) is 16.5. The van der Waals surface area contributed by atoms with Crippen molar-refractivity contribution in [3.05, 3.63) is 40.2 Å². The molecule has 1 atom stereocenters. The van der Waals surface area contributed by atoms with Crippen LogP contribution < -0.4 is 0 Å². The largest absolute Gasteiger partial charge is 0.455 e. The van der Waals surface area contributed by atoms with E-state index in [1.54, 1.807) is 17.5 Å². The number of H-pyrrole nitrogens is 1. The van der Waals surface area contributed by atoms with Crippen LogP contribution in [0.4, 0.5) is 0 Å². The summed E-state index contributed by atoms with van der Waals surface area (Å²) in [7, 11) is 0. The lowest BCUT2D eigenvalue weighted by molar-refractivity contribution is -0.148. The zero-order chi connectivity index (χ0) is 15.6. The van der Waals surface area contributed by atoms with E-state index in [0.29, 0.717) is 11.7 Å². The fourth-order valence-corrected chi connectivity index (χ4v) is 3.39. The zero-order valence-corrected chi connectivity index (χ0v) is 13.0. The van der Waals surface area contributed by atoms with Crippen molar-refractivity contribution < 1.29 is 14.1 Å². The van der Waals surface area contributed by atoms with Gasteiger partial charge in [-0.25, -0.2) is 0 Å². The van der Waals surface area contributed by atoms with E-state index in [0.717, 1.165) is 36.1 Å². The molecule has 8 heteroatoms. The Balaban J connectivity index is 1.41. The van der Waals surface area contributed by atoms with Crippen molar-refractivity contribution in [2.24, 2.45) is 0 Å². The number of esters is 1. The third kappa shape index (κ3) is 2.77. The Morgan fingerprint density at radius 2 is 2.48 bits per heavy atom. The number of hydrogen-bond acceptors (Lipinski definition) is 7. The molecule has 3 aromatic heterocycles. The molecule has 0 saturated heterocycles. The normalized spacial score (nSPS) is 17.0. The fourth-order valence-electron chi connectivity index (χ4n) is 2.75. The SMILES string of the molecule is O=C(OCc1nc(-c2ccsc2)no1)[C@H]1CCCc2cn[nH]c21. The summed E-state index contributed by atoms with van der Waals surface area (Å²) in [6, 6.07) is 1.91. The van der Waals surface area contributed by atoms with Gasteiger partial charge in [0.2, 0.25) is 5.82 Å². The highest BCUT2D eigenvalue weighted by Gasteiger charge is 2.29. The molecule has 3 heterocycles. The molecule has 1 aliphatic carbocycles. The monoisotopic (exact) mass is 330 g/mol. The molecule has 0 amide bonds. The average Bonchev–Trinajstić information content (AvgIpc) is 3.32. The van der Waals surface area contributed by atoms with Crippen LogP contribution >= 0.6 is 11.3 Å². The minimum absolute atomic E-state index is 0.0179. The maximum absolute atomic E-state index is 12.3. The van der Waals surface area contributed by atoms with Gasteiger partial charge >= 0.3 is 5.97 Å². The highest BCUT2D eigenvalue weighted by Crippen LogP contribution is 2.31. The minimum Gasteiger partial charge on any atom is -0.455 e. The van der Waals surface area contributed by atoms with Crippen molar-refractivity contribution in [1.82, 2.24) is 20.3 Å². The van der Waals surface area contributed by atoms with Crippen molar-refractivity contribution in [2.45, 2.75) is 31.8 Å². The maximum Gasteiger partial charge on any atom is 0.315 e. The molecule has 0 spiro atoms. The quantitative estimate of drug-likeness (QED) is 0.739. The summed E-state index contributed by atoms with van der Waals surface area (Å²) in [5.41, 5.74) is 2.85. The second kappa shape index (κ2) is 5.96. The van der Waals surface area contributed by atoms with Crippen molar-refractivity contribution in [3.63, 3.8) is 0 Å². The minimum atomic E-state index is -0.291. The van der Waals surface area contributed by atoms with Gasteiger partial charge in [-0.3, -0.25) is 9.89 Å². The van der Waals surface area contributed by atoms with E-state index < -0.39 is 0 Å². The average molecular weight is 330 g/mol. The molecule has 0 radical (unpaired) electrons. The van der Waals surface area contributed by atoms with Gasteiger partial charge in [0.15, 0.2) is 6.61 Å². The number of ether oxygens (including phenoxy) is 1. The lowest BCUT2D eigenvalue weighted by atomic mass is 9.88. The molecular formula is C15H14N4O3S. The van der Waals surface area contributed by atoms with Gasteiger partial charge in [-0.2, -0.15) is 21.4 Å². The van der Waals surface area contributed by atoms with Crippen LogP contribution in [0.5, 0.6) is 0 Å². The smallest absolute Gasteiger partial charge is 0.315 e. The number of carbonyl (C=O) groups is 1. The Morgan fingerprint density at radius 3 is 3.35 bits per heavy atom. The third-order valence-corrected chi connectivity index (χ3v) is 4.59. The summed E-state index contributed by atoms with van der Waals surface area (Å²) in [6.45, 7) is -0.0179. The van der Waals surface area contributed by atoms with Gasteiger partial charge in [0.25, 0.3) is 5.89 Å². The molecule has 23 heavy (non-hydrogen) atoms. The molecule has 0 aliphatic heterocycles. The number of aromatic amines is 1. The summed E-state index contributed by atoms with van der Waals surface area (Å²) >= 11 is 1.56. The molecule has 3 aromatic rings. The molecule has 0 saturated carbocycles. The van der Waals surface area contributed by atoms with E-state index in [-0.39, 0.29) is 18.5 Å². The summed E-state index contributed by atoms with van der Waals surface area (Å²) in [5.74, 6) is 0.219. The maximum atomic E-state index is 12.3. The predicted molar refractivity (Wildman–Crippen MR) is 81.7 cm³/mol. The van der Waals surface area contributed by atoms with Crippen LogP contribution in [0.1, 0.15) is 35.9 Å². The Labute approximate surface area is 135 Å². The van der Waals surface area contributed by atoms with Crippen LogP contribution in [-0.2, 0) is 22.6 Å². The lowest BCUT2D eigenvalue weighted by Gasteiger charge is -2.19. The molecule has 0 fully saturated rings. The van der Waals surface area contributed by atoms with E-state index in [1.165, 1.54) is 0 Å². The van der Waals surface area contributed by atoms with Crippen LogP contribution in [0.2, 0.25) is 0 Å². The molecule has 118 valence electrons. The molecule has 0 aromatic carbocycles. The number of aromatic nitrogens is 4. The molecule has 0 unspecified atom stereocenters. The Kier molecular flexibility index (Phi) is 3.66. The number of nitrogens with one attached hydrogen (secondary N) is 1. The molecule has 7 nitrogen and oxygen atoms in total.